The van der Waals surface area contributed by atoms with Gasteiger partial charge >= 0.3 is 0 Å². The Morgan fingerprint density at radius 2 is 2.45 bits per heavy atom. The van der Waals surface area contributed by atoms with Crippen LogP contribution in [0.2, 0.25) is 0 Å². The van der Waals surface area contributed by atoms with Crippen molar-refractivity contribution in [3.8, 4) is 0 Å². The number of carbonyl (C=O) groups is 1. The van der Waals surface area contributed by atoms with Gasteiger partial charge in [0.1, 0.15) is 5.60 Å². The molecule has 2 N–H and O–H groups in total. The van der Waals surface area contributed by atoms with Crippen molar-refractivity contribution in [1.29, 1.82) is 0 Å². The summed E-state index contributed by atoms with van der Waals surface area (Å²) in [5, 5.41) is 20.9. The fourth-order valence-electron chi connectivity index (χ4n) is 1.66. The summed E-state index contributed by atoms with van der Waals surface area (Å²) in [5.74, 6) is -0.236. The first-order valence-corrected chi connectivity index (χ1v) is 7.11. The van der Waals surface area contributed by atoms with Crippen molar-refractivity contribution in [2.24, 2.45) is 7.05 Å². The summed E-state index contributed by atoms with van der Waals surface area (Å²) in [7, 11) is 1.78. The Morgan fingerprint density at radius 1 is 1.65 bits per heavy atom. The number of carbonyl (C=O) groups excluding carboxylic acids is 1. The number of thiophene rings is 1. The van der Waals surface area contributed by atoms with Gasteiger partial charge in [0.15, 0.2) is 0 Å². The van der Waals surface area contributed by atoms with Crippen LogP contribution in [0.15, 0.2) is 35.3 Å². The monoisotopic (exact) mass is 291 g/mol. The van der Waals surface area contributed by atoms with E-state index in [2.05, 4.69) is 10.4 Å². The number of aliphatic hydroxyl groups is 1. The first-order valence-electron chi connectivity index (χ1n) is 6.17. The Bertz CT molecular complexity index is 600. The number of amides is 1. The number of hydrogen-bond donors (Lipinski definition) is 2. The van der Waals surface area contributed by atoms with E-state index >= 15 is 0 Å². The van der Waals surface area contributed by atoms with E-state index in [1.807, 2.05) is 16.8 Å². The highest BCUT2D eigenvalue weighted by molar-refractivity contribution is 7.08. The van der Waals surface area contributed by atoms with Crippen LogP contribution in [0.25, 0.3) is 6.08 Å². The second-order valence-corrected chi connectivity index (χ2v) is 5.56. The largest absolute Gasteiger partial charge is 0.383 e. The molecule has 2 rings (SSSR count). The first-order chi connectivity index (χ1) is 9.47. The van der Waals surface area contributed by atoms with E-state index in [1.165, 1.54) is 6.08 Å². The minimum absolute atomic E-state index is 0.130. The third-order valence-corrected chi connectivity index (χ3v) is 3.61. The lowest BCUT2D eigenvalue weighted by molar-refractivity contribution is -0.117. The molecule has 5 nitrogen and oxygen atoms in total. The Kier molecular flexibility index (Phi) is 4.36. The van der Waals surface area contributed by atoms with Gasteiger partial charge in [-0.2, -0.15) is 16.4 Å². The van der Waals surface area contributed by atoms with Crippen molar-refractivity contribution in [2.45, 2.75) is 12.5 Å². The van der Waals surface area contributed by atoms with E-state index in [4.69, 9.17) is 0 Å². The van der Waals surface area contributed by atoms with Crippen LogP contribution in [0.1, 0.15) is 18.1 Å². The van der Waals surface area contributed by atoms with Crippen LogP contribution in [0, 0.1) is 0 Å². The first kappa shape index (κ1) is 14.5. The number of aromatic nitrogens is 2. The summed E-state index contributed by atoms with van der Waals surface area (Å²) < 4.78 is 1.61. The molecule has 1 amide bonds. The Hall–Kier alpha value is -1.92. The zero-order chi connectivity index (χ0) is 14.6. The molecule has 0 aliphatic heterocycles. The third-order valence-electron chi connectivity index (χ3n) is 2.90. The van der Waals surface area contributed by atoms with Crippen LogP contribution in [-0.2, 0) is 17.4 Å². The second-order valence-electron chi connectivity index (χ2n) is 4.78. The molecule has 2 aromatic rings. The molecule has 106 valence electrons. The summed E-state index contributed by atoms with van der Waals surface area (Å²) in [6.07, 6.45) is 6.52. The fraction of sp³-hybridized carbons (Fsp3) is 0.286. The van der Waals surface area contributed by atoms with Crippen molar-refractivity contribution in [2.75, 3.05) is 6.54 Å². The Morgan fingerprint density at radius 3 is 3.05 bits per heavy atom. The average molecular weight is 291 g/mol. The van der Waals surface area contributed by atoms with Gasteiger partial charge < -0.3 is 10.4 Å². The molecular formula is C14H17N3O2S. The van der Waals surface area contributed by atoms with Crippen molar-refractivity contribution in [3.63, 3.8) is 0 Å². The summed E-state index contributed by atoms with van der Waals surface area (Å²) in [4.78, 5) is 11.7. The summed E-state index contributed by atoms with van der Waals surface area (Å²) in [6, 6.07) is 1.93. The average Bonchev–Trinajstić information content (AvgIpc) is 3.05. The Balaban J connectivity index is 1.89. The minimum Gasteiger partial charge on any atom is -0.383 e. The smallest absolute Gasteiger partial charge is 0.244 e. The maximum atomic E-state index is 11.7. The molecule has 0 radical (unpaired) electrons. The maximum Gasteiger partial charge on any atom is 0.244 e. The zero-order valence-corrected chi connectivity index (χ0v) is 12.2. The van der Waals surface area contributed by atoms with Gasteiger partial charge in [0, 0.05) is 24.9 Å². The van der Waals surface area contributed by atoms with E-state index in [0.717, 1.165) is 5.56 Å². The van der Waals surface area contributed by atoms with Gasteiger partial charge in [0.25, 0.3) is 0 Å². The summed E-state index contributed by atoms with van der Waals surface area (Å²) >= 11 is 1.58. The number of hydrogen-bond acceptors (Lipinski definition) is 4. The van der Waals surface area contributed by atoms with Crippen LogP contribution in [-0.4, -0.2) is 27.3 Å². The van der Waals surface area contributed by atoms with Gasteiger partial charge in [0.2, 0.25) is 5.91 Å². The molecule has 0 aromatic carbocycles. The molecule has 0 aliphatic rings. The number of aryl methyl sites for hydroxylation is 1. The number of nitrogens with zero attached hydrogens (tertiary/aromatic N) is 2. The predicted octanol–water partition coefficient (Wildman–Crippen LogP) is 1.52. The van der Waals surface area contributed by atoms with Crippen LogP contribution in [0.3, 0.4) is 0 Å². The molecule has 20 heavy (non-hydrogen) atoms. The Labute approximate surface area is 121 Å². The molecule has 1 unspecified atom stereocenters. The van der Waals surface area contributed by atoms with Crippen LogP contribution in [0.4, 0.5) is 0 Å². The van der Waals surface area contributed by atoms with E-state index in [0.29, 0.717) is 5.56 Å². The molecule has 0 saturated carbocycles. The summed E-state index contributed by atoms with van der Waals surface area (Å²) in [6.45, 7) is 1.78. The van der Waals surface area contributed by atoms with Gasteiger partial charge in [-0.3, -0.25) is 9.48 Å². The number of nitrogens with one attached hydrogen (secondary N) is 1. The van der Waals surface area contributed by atoms with E-state index in [1.54, 1.807) is 48.5 Å². The molecule has 0 bridgehead atoms. The standard InChI is InChI=1S/C14H17N3O2S/c1-14(19,12-7-16-17(2)8-12)10-15-13(18)4-3-11-5-6-20-9-11/h3-9,19H,10H2,1-2H3,(H,15,18)/b4-3+. The number of rotatable bonds is 5. The van der Waals surface area contributed by atoms with Gasteiger partial charge in [-0.05, 0) is 35.4 Å². The van der Waals surface area contributed by atoms with Crippen LogP contribution >= 0.6 is 11.3 Å². The SMILES string of the molecule is Cn1cc(C(C)(O)CNC(=O)/C=C/c2ccsc2)cn1. The van der Waals surface area contributed by atoms with Crippen molar-refractivity contribution < 1.29 is 9.90 Å². The fourth-order valence-corrected chi connectivity index (χ4v) is 2.29. The lowest BCUT2D eigenvalue weighted by Gasteiger charge is -2.21. The molecule has 0 spiro atoms. The molecule has 0 saturated heterocycles. The van der Waals surface area contributed by atoms with Gasteiger partial charge in [-0.25, -0.2) is 0 Å². The van der Waals surface area contributed by atoms with E-state index in [9.17, 15) is 9.90 Å². The van der Waals surface area contributed by atoms with Crippen LogP contribution < -0.4 is 5.32 Å². The highest BCUT2D eigenvalue weighted by atomic mass is 32.1. The quantitative estimate of drug-likeness (QED) is 0.821. The van der Waals surface area contributed by atoms with Crippen molar-refractivity contribution in [3.05, 3.63) is 46.4 Å². The molecule has 0 fully saturated rings. The topological polar surface area (TPSA) is 67.2 Å². The van der Waals surface area contributed by atoms with Gasteiger partial charge in [-0.1, -0.05) is 0 Å². The van der Waals surface area contributed by atoms with Crippen molar-refractivity contribution in [1.82, 2.24) is 15.1 Å². The normalized spacial score (nSPS) is 14.3. The lowest BCUT2D eigenvalue weighted by atomic mass is 10.00. The minimum atomic E-state index is -1.14. The predicted molar refractivity (Wildman–Crippen MR) is 79.1 cm³/mol. The molecular weight excluding hydrogens is 274 g/mol. The van der Waals surface area contributed by atoms with Gasteiger partial charge in [0.05, 0.1) is 12.7 Å². The maximum absolute atomic E-state index is 11.7. The molecule has 1 atom stereocenters. The zero-order valence-electron chi connectivity index (χ0n) is 11.4. The lowest BCUT2D eigenvalue weighted by Crippen LogP contribution is -2.37. The molecule has 2 heterocycles. The molecule has 0 aliphatic carbocycles. The van der Waals surface area contributed by atoms with E-state index < -0.39 is 5.60 Å². The summed E-state index contributed by atoms with van der Waals surface area (Å²) in [5.41, 5.74) is 0.520. The highest BCUT2D eigenvalue weighted by Gasteiger charge is 2.24. The van der Waals surface area contributed by atoms with Crippen LogP contribution in [0.5, 0.6) is 0 Å². The van der Waals surface area contributed by atoms with Gasteiger partial charge in [-0.15, -0.1) is 0 Å². The third kappa shape index (κ3) is 3.79. The second kappa shape index (κ2) is 6.02. The van der Waals surface area contributed by atoms with Crippen molar-refractivity contribution >= 4 is 23.3 Å². The molecule has 6 heteroatoms. The highest BCUT2D eigenvalue weighted by Crippen LogP contribution is 2.18. The molecule has 2 aromatic heterocycles. The van der Waals surface area contributed by atoms with E-state index in [-0.39, 0.29) is 12.5 Å².